The molecule has 1 aliphatic rings. The lowest BCUT2D eigenvalue weighted by Gasteiger charge is -2.20. The van der Waals surface area contributed by atoms with E-state index in [1.807, 2.05) is 25.1 Å². The van der Waals surface area contributed by atoms with Gasteiger partial charge in [-0.1, -0.05) is 30.3 Å². The van der Waals surface area contributed by atoms with Crippen LogP contribution in [0.25, 0.3) is 11.3 Å². The quantitative estimate of drug-likeness (QED) is 0.801. The van der Waals surface area contributed by atoms with E-state index in [0.29, 0.717) is 18.0 Å². The molecule has 2 atom stereocenters. The molecule has 0 radical (unpaired) electrons. The monoisotopic (exact) mass is 353 g/mol. The molecule has 2 N–H and O–H groups in total. The molecule has 1 fully saturated rings. The van der Waals surface area contributed by atoms with Crippen LogP contribution in [0.4, 0.5) is 0 Å². The van der Waals surface area contributed by atoms with Gasteiger partial charge in [0.1, 0.15) is 5.82 Å². The minimum atomic E-state index is 0.545. The van der Waals surface area contributed by atoms with Crippen molar-refractivity contribution in [2.45, 2.75) is 52.2 Å². The van der Waals surface area contributed by atoms with Crippen LogP contribution in [0.5, 0.6) is 0 Å². The zero-order chi connectivity index (χ0) is 18.5. The van der Waals surface area contributed by atoms with Crippen LogP contribution in [0.3, 0.4) is 0 Å². The molecule has 1 aromatic carbocycles. The number of hydrazine groups is 1. The van der Waals surface area contributed by atoms with Gasteiger partial charge in [0.15, 0.2) is 0 Å². The second-order valence-electron chi connectivity index (χ2n) is 7.59. The Kier molecular flexibility index (Phi) is 6.35. The number of rotatable bonds is 7. The van der Waals surface area contributed by atoms with E-state index in [-0.39, 0.29) is 0 Å². The average molecular weight is 354 g/mol. The standard InChI is InChI=1S/C21H31N5/c1-15-13-20(18-9-6-5-7-10-18)23-21(22-15)14-26(4)12-8-11-19-16(2)24-25-17(19)3/h5-7,9-10,13,16-17,19,24-25H,8,11-12,14H2,1-4H3. The van der Waals surface area contributed by atoms with E-state index < -0.39 is 0 Å². The molecule has 3 rings (SSSR count). The maximum Gasteiger partial charge on any atom is 0.143 e. The number of nitrogens with one attached hydrogen (secondary N) is 2. The molecular formula is C21H31N5. The van der Waals surface area contributed by atoms with E-state index in [1.165, 1.54) is 12.8 Å². The molecule has 0 bridgehead atoms. The van der Waals surface area contributed by atoms with Crippen molar-refractivity contribution in [3.63, 3.8) is 0 Å². The van der Waals surface area contributed by atoms with Crippen LogP contribution in [0.15, 0.2) is 36.4 Å². The SMILES string of the molecule is Cc1cc(-c2ccccc2)nc(CN(C)CCCC2C(C)NNC2C)n1. The lowest BCUT2D eigenvalue weighted by atomic mass is 9.91. The van der Waals surface area contributed by atoms with E-state index in [2.05, 4.69) is 59.8 Å². The highest BCUT2D eigenvalue weighted by Crippen LogP contribution is 2.21. The van der Waals surface area contributed by atoms with Crippen LogP contribution < -0.4 is 10.9 Å². The molecule has 2 heterocycles. The first kappa shape index (κ1) is 19.0. The highest BCUT2D eigenvalue weighted by Gasteiger charge is 2.28. The fourth-order valence-electron chi connectivity index (χ4n) is 3.78. The van der Waals surface area contributed by atoms with Gasteiger partial charge in [0.25, 0.3) is 0 Å². The first-order chi connectivity index (χ1) is 12.5. The molecule has 1 aromatic heterocycles. The second kappa shape index (κ2) is 8.71. The van der Waals surface area contributed by atoms with Crippen molar-refractivity contribution in [2.75, 3.05) is 13.6 Å². The van der Waals surface area contributed by atoms with Gasteiger partial charge in [-0.2, -0.15) is 0 Å². The van der Waals surface area contributed by atoms with Crippen molar-refractivity contribution in [1.82, 2.24) is 25.7 Å². The van der Waals surface area contributed by atoms with Crippen molar-refractivity contribution >= 4 is 0 Å². The van der Waals surface area contributed by atoms with Crippen LogP contribution in [0.1, 0.15) is 38.2 Å². The summed E-state index contributed by atoms with van der Waals surface area (Å²) in [7, 11) is 2.16. The summed E-state index contributed by atoms with van der Waals surface area (Å²) in [6, 6.07) is 13.5. The molecule has 1 aliphatic heterocycles. The van der Waals surface area contributed by atoms with Gasteiger partial charge in [-0.15, -0.1) is 0 Å². The van der Waals surface area contributed by atoms with Gasteiger partial charge in [0, 0.05) is 23.3 Å². The lowest BCUT2D eigenvalue weighted by Crippen LogP contribution is -2.30. The predicted octanol–water partition coefficient (Wildman–Crippen LogP) is 3.17. The van der Waals surface area contributed by atoms with Gasteiger partial charge in [-0.05, 0) is 59.2 Å². The third kappa shape index (κ3) is 4.87. The molecule has 0 amide bonds. The van der Waals surface area contributed by atoms with Crippen molar-refractivity contribution in [3.8, 4) is 11.3 Å². The van der Waals surface area contributed by atoms with Crippen molar-refractivity contribution in [1.29, 1.82) is 0 Å². The van der Waals surface area contributed by atoms with Crippen LogP contribution in [-0.4, -0.2) is 40.5 Å². The van der Waals surface area contributed by atoms with Crippen LogP contribution >= 0.6 is 0 Å². The van der Waals surface area contributed by atoms with Crippen molar-refractivity contribution < 1.29 is 0 Å². The zero-order valence-corrected chi connectivity index (χ0v) is 16.4. The van der Waals surface area contributed by atoms with Crippen LogP contribution in [0, 0.1) is 12.8 Å². The maximum atomic E-state index is 4.78. The van der Waals surface area contributed by atoms with Gasteiger partial charge in [0.2, 0.25) is 0 Å². The summed E-state index contributed by atoms with van der Waals surface area (Å²) in [6.07, 6.45) is 2.42. The van der Waals surface area contributed by atoms with E-state index in [0.717, 1.165) is 35.9 Å². The topological polar surface area (TPSA) is 53.1 Å². The Morgan fingerprint density at radius 1 is 1.04 bits per heavy atom. The molecule has 1 saturated heterocycles. The molecule has 140 valence electrons. The molecule has 5 nitrogen and oxygen atoms in total. The summed E-state index contributed by atoms with van der Waals surface area (Å²) in [5.41, 5.74) is 9.86. The Balaban J connectivity index is 1.55. The number of benzene rings is 1. The molecular weight excluding hydrogens is 322 g/mol. The number of nitrogens with zero attached hydrogens (tertiary/aromatic N) is 3. The van der Waals surface area contributed by atoms with Gasteiger partial charge in [-0.25, -0.2) is 9.97 Å². The summed E-state index contributed by atoms with van der Waals surface area (Å²) in [5.74, 6) is 1.60. The number of hydrogen-bond donors (Lipinski definition) is 2. The van der Waals surface area contributed by atoms with Gasteiger partial charge >= 0.3 is 0 Å². The van der Waals surface area contributed by atoms with Gasteiger partial charge in [0.05, 0.1) is 12.2 Å². The number of hydrogen-bond acceptors (Lipinski definition) is 5. The van der Waals surface area contributed by atoms with Crippen LogP contribution in [-0.2, 0) is 6.54 Å². The molecule has 2 aromatic rings. The summed E-state index contributed by atoms with van der Waals surface area (Å²) in [6.45, 7) is 8.41. The fourth-order valence-corrected chi connectivity index (χ4v) is 3.78. The second-order valence-corrected chi connectivity index (χ2v) is 7.59. The number of aryl methyl sites for hydroxylation is 1. The summed E-state index contributed by atoms with van der Waals surface area (Å²) in [4.78, 5) is 11.7. The van der Waals surface area contributed by atoms with Crippen LogP contribution in [0.2, 0.25) is 0 Å². The Bertz CT molecular complexity index is 693. The third-order valence-electron chi connectivity index (χ3n) is 5.28. The highest BCUT2D eigenvalue weighted by molar-refractivity contribution is 5.58. The molecule has 26 heavy (non-hydrogen) atoms. The molecule has 0 spiro atoms. The van der Waals surface area contributed by atoms with Gasteiger partial charge < -0.3 is 0 Å². The third-order valence-corrected chi connectivity index (χ3v) is 5.28. The smallest absolute Gasteiger partial charge is 0.143 e. The van der Waals surface area contributed by atoms with E-state index in [4.69, 9.17) is 4.98 Å². The van der Waals surface area contributed by atoms with E-state index >= 15 is 0 Å². The number of aromatic nitrogens is 2. The lowest BCUT2D eigenvalue weighted by molar-refractivity contribution is 0.290. The molecule has 0 saturated carbocycles. The molecule has 2 unspecified atom stereocenters. The Hall–Kier alpha value is -1.82. The Labute approximate surface area is 157 Å². The van der Waals surface area contributed by atoms with Gasteiger partial charge in [-0.3, -0.25) is 15.8 Å². The van der Waals surface area contributed by atoms with E-state index in [9.17, 15) is 0 Å². The largest absolute Gasteiger partial charge is 0.299 e. The molecule has 0 aliphatic carbocycles. The first-order valence-electron chi connectivity index (χ1n) is 9.62. The van der Waals surface area contributed by atoms with Crippen molar-refractivity contribution in [3.05, 3.63) is 47.9 Å². The average Bonchev–Trinajstić information content (AvgIpc) is 2.94. The Morgan fingerprint density at radius 3 is 2.42 bits per heavy atom. The summed E-state index contributed by atoms with van der Waals surface area (Å²) < 4.78 is 0. The minimum Gasteiger partial charge on any atom is -0.299 e. The highest BCUT2D eigenvalue weighted by atomic mass is 15.4. The Morgan fingerprint density at radius 2 is 1.73 bits per heavy atom. The predicted molar refractivity (Wildman–Crippen MR) is 106 cm³/mol. The summed E-state index contributed by atoms with van der Waals surface area (Å²) in [5, 5.41) is 0. The van der Waals surface area contributed by atoms with Crippen molar-refractivity contribution in [2.24, 2.45) is 5.92 Å². The molecule has 5 heteroatoms. The first-order valence-corrected chi connectivity index (χ1v) is 9.62. The maximum absolute atomic E-state index is 4.78. The zero-order valence-electron chi connectivity index (χ0n) is 16.4. The summed E-state index contributed by atoms with van der Waals surface area (Å²) >= 11 is 0. The minimum absolute atomic E-state index is 0.545. The van der Waals surface area contributed by atoms with E-state index in [1.54, 1.807) is 0 Å². The fraction of sp³-hybridized carbons (Fsp3) is 0.524. The normalized spacial score (nSPS) is 22.9.